The van der Waals surface area contributed by atoms with Gasteiger partial charge in [-0.15, -0.1) is 0 Å². The first-order chi connectivity index (χ1) is 13.8. The number of nitrogens with zero attached hydrogens (tertiary/aromatic N) is 3. The zero-order valence-corrected chi connectivity index (χ0v) is 16.3. The van der Waals surface area contributed by atoms with Crippen LogP contribution in [0.25, 0.3) is 0 Å². The van der Waals surface area contributed by atoms with Crippen LogP contribution in [-0.4, -0.2) is 20.7 Å². The third-order valence-corrected chi connectivity index (χ3v) is 4.40. The summed E-state index contributed by atoms with van der Waals surface area (Å²) in [5.41, 5.74) is 2.72. The molecule has 0 saturated carbocycles. The van der Waals surface area contributed by atoms with Crippen molar-refractivity contribution in [3.8, 4) is 0 Å². The average molecular weight is 391 g/mol. The van der Waals surface area contributed by atoms with E-state index in [0.717, 1.165) is 0 Å². The standard InChI is InChI=1S/C21H21N5O3/c1-13(2)15-4-8-17(9-5-15)24-20-19(26(28)29)21(23-12-22-20)25-18-10-6-16(7-11-18)14(3)27/h4-13H,1-3H3,(H2,22,23,24,25). The molecule has 0 fully saturated rings. The second-order valence-corrected chi connectivity index (χ2v) is 6.84. The summed E-state index contributed by atoms with van der Waals surface area (Å²) in [6, 6.07) is 14.3. The van der Waals surface area contributed by atoms with Crippen molar-refractivity contribution in [3.63, 3.8) is 0 Å². The fourth-order valence-corrected chi connectivity index (χ4v) is 2.75. The lowest BCUT2D eigenvalue weighted by molar-refractivity contribution is -0.383. The molecule has 0 aliphatic carbocycles. The monoisotopic (exact) mass is 391 g/mol. The van der Waals surface area contributed by atoms with Crippen LogP contribution in [-0.2, 0) is 0 Å². The highest BCUT2D eigenvalue weighted by Crippen LogP contribution is 2.33. The molecule has 0 saturated heterocycles. The number of carbonyl (C=O) groups is 1. The molecule has 0 spiro atoms. The molecule has 3 aromatic rings. The molecule has 148 valence electrons. The van der Waals surface area contributed by atoms with Crippen LogP contribution in [0.1, 0.15) is 42.6 Å². The first kappa shape index (κ1) is 19.9. The molecule has 0 unspecified atom stereocenters. The topological polar surface area (TPSA) is 110 Å². The zero-order valence-electron chi connectivity index (χ0n) is 16.3. The van der Waals surface area contributed by atoms with Gasteiger partial charge in [-0.1, -0.05) is 26.0 Å². The summed E-state index contributed by atoms with van der Waals surface area (Å²) in [7, 11) is 0. The van der Waals surface area contributed by atoms with Gasteiger partial charge >= 0.3 is 5.69 Å². The summed E-state index contributed by atoms with van der Waals surface area (Å²) < 4.78 is 0. The Morgan fingerprint density at radius 2 is 1.41 bits per heavy atom. The molecule has 1 aromatic heterocycles. The molecule has 0 bridgehead atoms. The number of nitrogens with one attached hydrogen (secondary N) is 2. The lowest BCUT2D eigenvalue weighted by Gasteiger charge is -2.11. The van der Waals surface area contributed by atoms with Crippen molar-refractivity contribution in [2.75, 3.05) is 10.6 Å². The summed E-state index contributed by atoms with van der Waals surface area (Å²) in [5.74, 6) is 0.481. The van der Waals surface area contributed by atoms with Crippen molar-refractivity contribution in [1.82, 2.24) is 9.97 Å². The van der Waals surface area contributed by atoms with Crippen molar-refractivity contribution in [2.24, 2.45) is 0 Å². The van der Waals surface area contributed by atoms with Crippen LogP contribution in [0.2, 0.25) is 0 Å². The molecule has 0 atom stereocenters. The molecule has 1 heterocycles. The Bertz CT molecular complexity index is 1030. The maximum absolute atomic E-state index is 11.7. The van der Waals surface area contributed by atoms with E-state index >= 15 is 0 Å². The van der Waals surface area contributed by atoms with Crippen molar-refractivity contribution in [3.05, 3.63) is 76.1 Å². The number of nitro groups is 1. The van der Waals surface area contributed by atoms with Gasteiger partial charge in [0.15, 0.2) is 5.78 Å². The Kier molecular flexibility index (Phi) is 5.82. The predicted octanol–water partition coefficient (Wildman–Crippen LogP) is 5.20. The van der Waals surface area contributed by atoms with Gasteiger partial charge in [-0.2, -0.15) is 0 Å². The Labute approximate surface area is 168 Å². The number of carbonyl (C=O) groups excluding carboxylic acids is 1. The molecule has 0 aliphatic heterocycles. The SMILES string of the molecule is CC(=O)c1ccc(Nc2ncnc(Nc3ccc(C(C)C)cc3)c2[N+](=O)[O-])cc1. The first-order valence-corrected chi connectivity index (χ1v) is 9.09. The van der Waals surface area contributed by atoms with Crippen molar-refractivity contribution >= 4 is 34.5 Å². The maximum Gasteiger partial charge on any atom is 0.353 e. The van der Waals surface area contributed by atoms with Gasteiger partial charge in [-0.3, -0.25) is 14.9 Å². The predicted molar refractivity (Wildman–Crippen MR) is 112 cm³/mol. The van der Waals surface area contributed by atoms with Crippen LogP contribution in [0.4, 0.5) is 28.7 Å². The van der Waals surface area contributed by atoms with Crippen LogP contribution >= 0.6 is 0 Å². The van der Waals surface area contributed by atoms with Crippen LogP contribution in [0.15, 0.2) is 54.9 Å². The Morgan fingerprint density at radius 1 is 0.931 bits per heavy atom. The Hall–Kier alpha value is -3.81. The quantitative estimate of drug-likeness (QED) is 0.323. The fourth-order valence-electron chi connectivity index (χ4n) is 2.75. The van der Waals surface area contributed by atoms with E-state index in [9.17, 15) is 14.9 Å². The van der Waals surface area contributed by atoms with Gasteiger partial charge in [0, 0.05) is 16.9 Å². The molecule has 8 nitrogen and oxygen atoms in total. The molecule has 8 heteroatoms. The van der Waals surface area contributed by atoms with Gasteiger partial charge in [-0.25, -0.2) is 9.97 Å². The summed E-state index contributed by atoms with van der Waals surface area (Å²) >= 11 is 0. The lowest BCUT2D eigenvalue weighted by Crippen LogP contribution is -2.05. The highest BCUT2D eigenvalue weighted by atomic mass is 16.6. The maximum atomic E-state index is 11.7. The minimum atomic E-state index is -0.531. The molecule has 29 heavy (non-hydrogen) atoms. The highest BCUT2D eigenvalue weighted by Gasteiger charge is 2.23. The summed E-state index contributed by atoms with van der Waals surface area (Å²) in [4.78, 5) is 30.6. The Morgan fingerprint density at radius 3 is 1.83 bits per heavy atom. The number of hydrogen-bond donors (Lipinski definition) is 2. The van der Waals surface area contributed by atoms with Gasteiger partial charge in [0.25, 0.3) is 0 Å². The fraction of sp³-hybridized carbons (Fsp3) is 0.190. The van der Waals surface area contributed by atoms with Gasteiger partial charge in [-0.05, 0) is 54.8 Å². The zero-order chi connectivity index (χ0) is 21.0. The van der Waals surface area contributed by atoms with Crippen molar-refractivity contribution in [1.29, 1.82) is 0 Å². The second-order valence-electron chi connectivity index (χ2n) is 6.84. The smallest absolute Gasteiger partial charge is 0.334 e. The minimum Gasteiger partial charge on any atom is -0.334 e. The summed E-state index contributed by atoms with van der Waals surface area (Å²) in [5, 5.41) is 17.6. The van der Waals surface area contributed by atoms with E-state index in [2.05, 4.69) is 34.4 Å². The number of rotatable bonds is 7. The lowest BCUT2D eigenvalue weighted by atomic mass is 10.0. The molecular formula is C21H21N5O3. The van der Waals surface area contributed by atoms with E-state index in [1.807, 2.05) is 24.3 Å². The largest absolute Gasteiger partial charge is 0.353 e. The summed E-state index contributed by atoms with van der Waals surface area (Å²) in [6.07, 6.45) is 1.25. The first-order valence-electron chi connectivity index (χ1n) is 9.09. The summed E-state index contributed by atoms with van der Waals surface area (Å²) in [6.45, 7) is 5.67. The van der Waals surface area contributed by atoms with Crippen LogP contribution in [0.3, 0.4) is 0 Å². The third-order valence-electron chi connectivity index (χ3n) is 4.40. The van der Waals surface area contributed by atoms with Crippen molar-refractivity contribution in [2.45, 2.75) is 26.7 Å². The Balaban J connectivity index is 1.89. The van der Waals surface area contributed by atoms with Gasteiger partial charge in [0.2, 0.25) is 11.6 Å². The number of benzene rings is 2. The second kappa shape index (κ2) is 8.47. The van der Waals surface area contributed by atoms with Crippen LogP contribution < -0.4 is 10.6 Å². The molecule has 2 aromatic carbocycles. The average Bonchev–Trinajstić information content (AvgIpc) is 2.68. The van der Waals surface area contributed by atoms with Crippen LogP contribution in [0, 0.1) is 10.1 Å². The number of Topliss-reactive ketones (excluding diaryl/α,β-unsaturated/α-hetero) is 1. The van der Waals surface area contributed by atoms with E-state index in [0.29, 0.717) is 22.9 Å². The van der Waals surface area contributed by atoms with E-state index in [4.69, 9.17) is 0 Å². The van der Waals surface area contributed by atoms with Gasteiger partial charge in [0.1, 0.15) is 6.33 Å². The van der Waals surface area contributed by atoms with Gasteiger partial charge in [0.05, 0.1) is 4.92 Å². The highest BCUT2D eigenvalue weighted by molar-refractivity contribution is 5.94. The number of anilines is 4. The van der Waals surface area contributed by atoms with E-state index in [1.54, 1.807) is 24.3 Å². The molecule has 2 N–H and O–H groups in total. The van der Waals surface area contributed by atoms with Gasteiger partial charge < -0.3 is 10.6 Å². The number of hydrogen-bond acceptors (Lipinski definition) is 7. The van der Waals surface area contributed by atoms with E-state index in [1.165, 1.54) is 18.8 Å². The molecule has 3 rings (SSSR count). The van der Waals surface area contributed by atoms with Crippen LogP contribution in [0.5, 0.6) is 0 Å². The molecule has 0 amide bonds. The molecular weight excluding hydrogens is 370 g/mol. The number of aromatic nitrogens is 2. The third kappa shape index (κ3) is 4.73. The molecule has 0 radical (unpaired) electrons. The molecule has 0 aliphatic rings. The van der Waals surface area contributed by atoms with E-state index < -0.39 is 4.92 Å². The van der Waals surface area contributed by atoms with E-state index in [-0.39, 0.29) is 23.1 Å². The van der Waals surface area contributed by atoms with Crippen molar-refractivity contribution < 1.29 is 9.72 Å². The normalized spacial score (nSPS) is 10.6. The minimum absolute atomic E-state index is 0.0560. The number of ketones is 1.